The van der Waals surface area contributed by atoms with Gasteiger partial charge in [0.05, 0.1) is 28.8 Å². The summed E-state index contributed by atoms with van der Waals surface area (Å²) >= 11 is 0. The molecular weight excluding hydrogens is 336 g/mol. The van der Waals surface area contributed by atoms with Crippen LogP contribution in [0.25, 0.3) is 0 Å². The van der Waals surface area contributed by atoms with Gasteiger partial charge in [0.25, 0.3) is 0 Å². The van der Waals surface area contributed by atoms with E-state index >= 15 is 0 Å². The van der Waals surface area contributed by atoms with Crippen molar-refractivity contribution in [3.8, 4) is 5.75 Å². The van der Waals surface area contributed by atoms with Gasteiger partial charge in [-0.1, -0.05) is 24.3 Å². The summed E-state index contributed by atoms with van der Waals surface area (Å²) in [5.41, 5.74) is 1.09. The Bertz CT molecular complexity index is 986. The van der Waals surface area contributed by atoms with E-state index in [9.17, 15) is 8.42 Å². The largest absolute Gasteiger partial charge is 0.494 e. The zero-order valence-corrected chi connectivity index (χ0v) is 14.3. The number of pyridine rings is 1. The molecule has 0 amide bonds. The molecule has 1 heterocycles. The van der Waals surface area contributed by atoms with E-state index in [1.165, 1.54) is 19.2 Å². The van der Waals surface area contributed by atoms with Gasteiger partial charge in [0.2, 0.25) is 9.84 Å². The van der Waals surface area contributed by atoms with Crippen LogP contribution in [0.1, 0.15) is 5.69 Å². The van der Waals surface area contributed by atoms with Crippen molar-refractivity contribution in [1.82, 2.24) is 4.98 Å². The number of hydrogen-bond donors (Lipinski definition) is 0. The first-order valence-corrected chi connectivity index (χ1v) is 9.03. The van der Waals surface area contributed by atoms with Crippen LogP contribution in [0.2, 0.25) is 0 Å². The summed E-state index contributed by atoms with van der Waals surface area (Å²) < 4.78 is 30.8. The molecule has 3 aromatic rings. The maximum absolute atomic E-state index is 12.8. The lowest BCUT2D eigenvalue weighted by molar-refractivity contribution is 0.416. The van der Waals surface area contributed by atoms with Crippen molar-refractivity contribution >= 4 is 21.7 Å². The Morgan fingerprint density at radius 2 is 1.72 bits per heavy atom. The van der Waals surface area contributed by atoms with Crippen molar-refractivity contribution in [3.63, 3.8) is 0 Å². The van der Waals surface area contributed by atoms with Gasteiger partial charge < -0.3 is 4.74 Å². The maximum Gasteiger partial charge on any atom is 0.206 e. The highest BCUT2D eigenvalue weighted by Crippen LogP contribution is 2.32. The molecule has 0 bridgehead atoms. The molecule has 2 aromatic carbocycles. The van der Waals surface area contributed by atoms with E-state index in [-0.39, 0.29) is 9.79 Å². The lowest BCUT2D eigenvalue weighted by atomic mass is 10.3. The summed E-state index contributed by atoms with van der Waals surface area (Å²) in [5, 5.41) is 0. The maximum atomic E-state index is 12.8. The van der Waals surface area contributed by atoms with Crippen molar-refractivity contribution in [2.75, 3.05) is 7.11 Å². The molecule has 0 fully saturated rings. The molecule has 0 spiro atoms. The van der Waals surface area contributed by atoms with Gasteiger partial charge in [-0.2, -0.15) is 0 Å². The number of sulfone groups is 1. The van der Waals surface area contributed by atoms with Crippen LogP contribution in [0.15, 0.2) is 87.7 Å². The number of methoxy groups -OCH3 is 1. The third-order valence-electron chi connectivity index (χ3n) is 3.54. The van der Waals surface area contributed by atoms with Gasteiger partial charge >= 0.3 is 0 Å². The van der Waals surface area contributed by atoms with Crippen molar-refractivity contribution in [2.24, 2.45) is 4.99 Å². The zero-order valence-electron chi connectivity index (χ0n) is 13.5. The van der Waals surface area contributed by atoms with Gasteiger partial charge in [0.1, 0.15) is 11.4 Å². The lowest BCUT2D eigenvalue weighted by Crippen LogP contribution is -2.01. The van der Waals surface area contributed by atoms with Crippen LogP contribution in [0.4, 0.5) is 5.69 Å². The topological polar surface area (TPSA) is 68.6 Å². The Kier molecular flexibility index (Phi) is 4.90. The Hall–Kier alpha value is -2.99. The van der Waals surface area contributed by atoms with Gasteiger partial charge in [0.15, 0.2) is 0 Å². The standard InChI is InChI=1S/C19H16N2O3S/c1-24-19-11-10-17(25(22,23)16-8-3-2-4-9-16)13-18(19)21-14-15-7-5-6-12-20-15/h2-14H,1H3. The summed E-state index contributed by atoms with van der Waals surface area (Å²) in [6.45, 7) is 0. The van der Waals surface area contributed by atoms with E-state index in [4.69, 9.17) is 4.74 Å². The second-order valence-corrected chi connectivity index (χ2v) is 7.11. The zero-order chi connectivity index (χ0) is 17.7. The molecule has 1 aromatic heterocycles. The van der Waals surface area contributed by atoms with Gasteiger partial charge in [-0.05, 0) is 42.5 Å². The lowest BCUT2D eigenvalue weighted by Gasteiger charge is -2.08. The summed E-state index contributed by atoms with van der Waals surface area (Å²) in [6, 6.07) is 18.4. The first-order chi connectivity index (χ1) is 12.1. The van der Waals surface area contributed by atoms with Crippen molar-refractivity contribution in [3.05, 3.63) is 78.6 Å². The molecule has 0 aliphatic rings. The molecule has 0 saturated carbocycles. The fourth-order valence-corrected chi connectivity index (χ4v) is 3.56. The third-order valence-corrected chi connectivity index (χ3v) is 5.31. The monoisotopic (exact) mass is 352 g/mol. The van der Waals surface area contributed by atoms with E-state index < -0.39 is 9.84 Å². The third kappa shape index (κ3) is 3.75. The molecule has 0 aliphatic heterocycles. The average molecular weight is 352 g/mol. The van der Waals surface area contributed by atoms with E-state index in [1.54, 1.807) is 54.9 Å². The smallest absolute Gasteiger partial charge is 0.206 e. The van der Waals surface area contributed by atoms with E-state index in [0.717, 1.165) is 0 Å². The van der Waals surface area contributed by atoms with Crippen molar-refractivity contribution in [1.29, 1.82) is 0 Å². The molecular formula is C19H16N2O3S. The van der Waals surface area contributed by atoms with E-state index in [1.807, 2.05) is 12.1 Å². The Labute approximate surface area is 146 Å². The average Bonchev–Trinajstić information content (AvgIpc) is 2.67. The minimum Gasteiger partial charge on any atom is -0.494 e. The fraction of sp³-hybridized carbons (Fsp3) is 0.0526. The first kappa shape index (κ1) is 16.9. The molecule has 0 saturated heterocycles. The molecule has 25 heavy (non-hydrogen) atoms. The van der Waals surface area contributed by atoms with Gasteiger partial charge in [0, 0.05) is 6.20 Å². The molecule has 5 nitrogen and oxygen atoms in total. The highest BCUT2D eigenvalue weighted by Gasteiger charge is 2.18. The molecule has 0 aliphatic carbocycles. The Morgan fingerprint density at radius 3 is 2.40 bits per heavy atom. The number of nitrogens with zero attached hydrogens (tertiary/aromatic N) is 2. The minimum atomic E-state index is -3.61. The predicted octanol–water partition coefficient (Wildman–Crippen LogP) is 3.67. The summed E-state index contributed by atoms with van der Waals surface area (Å²) in [4.78, 5) is 8.89. The van der Waals surface area contributed by atoms with Gasteiger partial charge in [-0.3, -0.25) is 9.98 Å². The van der Waals surface area contributed by atoms with Crippen LogP contribution >= 0.6 is 0 Å². The molecule has 0 N–H and O–H groups in total. The predicted molar refractivity (Wildman–Crippen MR) is 96.4 cm³/mol. The minimum absolute atomic E-state index is 0.160. The molecule has 126 valence electrons. The number of aliphatic imine (C=N–C) groups is 1. The highest BCUT2D eigenvalue weighted by atomic mass is 32.2. The van der Waals surface area contributed by atoms with Crippen LogP contribution in [-0.4, -0.2) is 26.7 Å². The Morgan fingerprint density at radius 1 is 0.960 bits per heavy atom. The van der Waals surface area contributed by atoms with E-state index in [2.05, 4.69) is 9.98 Å². The number of rotatable bonds is 5. The number of aromatic nitrogens is 1. The summed E-state index contributed by atoms with van der Waals surface area (Å²) in [6.07, 6.45) is 3.23. The molecule has 0 radical (unpaired) electrons. The highest BCUT2D eigenvalue weighted by molar-refractivity contribution is 7.91. The number of benzene rings is 2. The Balaban J connectivity index is 2.02. The van der Waals surface area contributed by atoms with Crippen molar-refractivity contribution < 1.29 is 13.2 Å². The van der Waals surface area contributed by atoms with Crippen molar-refractivity contribution in [2.45, 2.75) is 9.79 Å². The first-order valence-electron chi connectivity index (χ1n) is 7.54. The second kappa shape index (κ2) is 7.27. The summed E-state index contributed by atoms with van der Waals surface area (Å²) in [7, 11) is -2.10. The fourth-order valence-electron chi connectivity index (χ4n) is 2.26. The molecule has 6 heteroatoms. The SMILES string of the molecule is COc1ccc(S(=O)(=O)c2ccccc2)cc1N=Cc1ccccn1. The number of ether oxygens (including phenoxy) is 1. The quantitative estimate of drug-likeness (QED) is 0.657. The van der Waals surface area contributed by atoms with E-state index in [0.29, 0.717) is 17.1 Å². The van der Waals surface area contributed by atoms with Crippen LogP contribution in [0.5, 0.6) is 5.75 Å². The van der Waals surface area contributed by atoms with Crippen LogP contribution in [0.3, 0.4) is 0 Å². The van der Waals surface area contributed by atoms with Crippen LogP contribution < -0.4 is 4.74 Å². The van der Waals surface area contributed by atoms with Crippen LogP contribution in [0, 0.1) is 0 Å². The molecule has 0 atom stereocenters. The van der Waals surface area contributed by atoms with Crippen LogP contribution in [-0.2, 0) is 9.84 Å². The second-order valence-electron chi connectivity index (χ2n) is 5.16. The van der Waals surface area contributed by atoms with Gasteiger partial charge in [-0.25, -0.2) is 8.42 Å². The summed E-state index contributed by atoms with van der Waals surface area (Å²) in [5.74, 6) is 0.485. The molecule has 3 rings (SSSR count). The number of hydrogen-bond acceptors (Lipinski definition) is 5. The van der Waals surface area contributed by atoms with Gasteiger partial charge in [-0.15, -0.1) is 0 Å². The normalized spacial score (nSPS) is 11.6. The molecule has 0 unspecified atom stereocenters.